The highest BCUT2D eigenvalue weighted by Crippen LogP contribution is 2.50. The van der Waals surface area contributed by atoms with E-state index in [-0.39, 0.29) is 99.0 Å². The van der Waals surface area contributed by atoms with Crippen LogP contribution in [0.5, 0.6) is 11.5 Å². The number of β-amino-alcohol motifs (C(OH)–C–C–N with tert-alkyl or cyclic N) is 1. The van der Waals surface area contributed by atoms with E-state index >= 15 is 0 Å². The average Bonchev–Trinajstić information content (AvgIpc) is 1.14. The van der Waals surface area contributed by atoms with Crippen molar-refractivity contribution in [2.75, 3.05) is 92.5 Å². The standard InChI is InChI=1S/C34H35N2O2S.C33H33N2O3S.C29H27N2O2S.C27H29N2O3S.4BrH/c1-2-38-34(37)22-7-4-12-24-36-31-19-10-11-20-32(31)39-33(36)21-13-16-28-23-25-35(26-27-14-5-3-6-15-27)30-18-9-8-17-29(28)30;1-3-38-33(36)16-9-22-35-30-13-6-7-14-31(30)39-32(35)15-8-10-26-21-23-34(29-12-5-4-11-28(26)29)24-25-17-19-27(37-2)20-18-25;32-21-19-30-18-17-23(25-12-4-5-13-26(25)30)9-8-16-29-31(27-14-6-7-15-28(27)34-29)20-22-33-24-10-2-1-3-11-24;1-2-32-27(31)15-8-17-28-18-16-21(22-10-3-4-11-23(22)28)9-7-14-26-29(19-20-30)24-12-5-6-13-25(24)33-26;;;;/h3,5-6,8-11,13-21,23,25H,2,4,7,12,22,24,26H2,1H3;4-8,10-15,17-21,23H,3,9,16,22,24H2,1-2H3;1-18,32H,19-22H2;3-7,9-14,16,18,30H,2,8,15,17,19-20H2,1H3;4*1H/q4*+1;;;;/p-4. The number of hydrogen-bond acceptors (Lipinski definition) is 18. The summed E-state index contributed by atoms with van der Waals surface area (Å²) in [6.45, 7) is 13.7. The van der Waals surface area contributed by atoms with Gasteiger partial charge in [0, 0.05) is 118 Å². The number of nitrogens with zero attached hydrogens (tertiary/aromatic N) is 8. The number of fused-ring (bicyclic) bond motifs is 8. The Balaban J connectivity index is 0.000000175. The summed E-state index contributed by atoms with van der Waals surface area (Å²) in [6, 6.07) is 105. The van der Waals surface area contributed by atoms with E-state index in [1.54, 1.807) is 42.4 Å². The predicted molar refractivity (Wildman–Crippen MR) is 594 cm³/mol. The van der Waals surface area contributed by atoms with Crippen LogP contribution in [0.1, 0.15) is 106 Å². The lowest BCUT2D eigenvalue weighted by Crippen LogP contribution is -3.00. The van der Waals surface area contributed by atoms with E-state index in [4.69, 9.17) is 23.7 Å². The summed E-state index contributed by atoms with van der Waals surface area (Å²) in [7, 11) is 1.69. The zero-order valence-corrected chi connectivity index (χ0v) is 93.7. The molecule has 0 fully saturated rings. The lowest BCUT2D eigenvalue weighted by Gasteiger charge is -2.20. The Labute approximate surface area is 934 Å². The molecule has 4 aliphatic heterocycles. The number of para-hydroxylation sites is 9. The van der Waals surface area contributed by atoms with Crippen molar-refractivity contribution in [2.45, 2.75) is 118 Å². The molecule has 0 amide bonds. The molecule has 11 aromatic carbocycles. The molecule has 0 atom stereocenters. The van der Waals surface area contributed by atoms with E-state index in [0.717, 1.165) is 121 Å². The number of thioether (sulfide) groups is 4. The number of esters is 3. The molecule has 4 aromatic heterocycles. The smallest absolute Gasteiger partial charge is 0.306 e. The number of carbonyl (C=O) groups is 3. The SMILES string of the molecule is CCOC(=O)CCCCCN1C(=CC=Cc2cc[n+](Cc3ccccc3)c3ccccc23)Sc2ccccc21.CCOC(=O)CCCN1C(=CC=Cc2cc[n+](Cc3ccc(OC)cc3)c3ccccc23)Sc2ccccc21.CCOC(=O)CCC[n+]1ccc(C=CC=C2Sc3ccccc3N2CCO)c2ccccc21.OCC[n+]1ccc(C=CC=C2Sc3ccccc3N2CCOc2ccccc2)c2ccccc21.[Br-].[Br-].[Br-].[Br-]. The minimum Gasteiger partial charge on any atom is -1.00 e. The minimum atomic E-state index is -0.142. The molecule has 8 heterocycles. The molecule has 18 nitrogen and oxygen atoms in total. The number of anilines is 4. The highest BCUT2D eigenvalue weighted by Gasteiger charge is 2.30. The molecule has 0 bridgehead atoms. The number of rotatable bonds is 38. The molecule has 19 rings (SSSR count). The number of carbonyl (C=O) groups excluding carboxylic acids is 3. The molecule has 0 spiro atoms. The Hall–Kier alpha value is -12.6. The topological polar surface area (TPSA) is 166 Å². The quantitative estimate of drug-likeness (QED) is 0.0162. The highest BCUT2D eigenvalue weighted by atomic mass is 79.9. The molecule has 2 N–H and O–H groups in total. The van der Waals surface area contributed by atoms with Gasteiger partial charge < -0.3 is 121 Å². The fraction of sp³-hybridized carbons (Fsp3) is 0.211. The van der Waals surface area contributed by atoms with Crippen LogP contribution in [0.3, 0.4) is 0 Å². The van der Waals surface area contributed by atoms with Crippen LogP contribution in [0.4, 0.5) is 22.7 Å². The molecular formula is C123H124Br4N8O10S4. The molecule has 0 aliphatic carbocycles. The summed E-state index contributed by atoms with van der Waals surface area (Å²) in [4.78, 5) is 49.3. The number of aromatic nitrogens is 4. The molecule has 0 unspecified atom stereocenters. The molecule has 15 aromatic rings. The summed E-state index contributed by atoms with van der Waals surface area (Å²) in [5.41, 5.74) is 16.7. The van der Waals surface area contributed by atoms with Gasteiger partial charge in [-0.15, -0.1) is 0 Å². The van der Waals surface area contributed by atoms with Crippen LogP contribution in [0.2, 0.25) is 0 Å². The lowest BCUT2D eigenvalue weighted by atomic mass is 10.1. The number of aliphatic hydroxyl groups is 2. The first-order chi connectivity index (χ1) is 71.4. The molecule has 768 valence electrons. The van der Waals surface area contributed by atoms with Crippen molar-refractivity contribution < 1.29 is 134 Å². The van der Waals surface area contributed by atoms with Gasteiger partial charge >= 0.3 is 17.9 Å². The fourth-order valence-corrected chi connectivity index (χ4v) is 22.3. The Bertz CT molecular complexity index is 7240. The van der Waals surface area contributed by atoms with Gasteiger partial charge in [-0.05, 0) is 196 Å². The van der Waals surface area contributed by atoms with E-state index in [0.29, 0.717) is 58.8 Å². The van der Waals surface area contributed by atoms with E-state index in [1.165, 1.54) is 102 Å². The zero-order chi connectivity index (χ0) is 100. The number of benzene rings is 11. The Morgan fingerprint density at radius 2 is 0.631 bits per heavy atom. The predicted octanol–water partition coefficient (Wildman–Crippen LogP) is 13.4. The van der Waals surface area contributed by atoms with Crippen molar-refractivity contribution in [3.05, 3.63) is 430 Å². The van der Waals surface area contributed by atoms with Crippen LogP contribution in [0.25, 0.3) is 67.9 Å². The number of allylic oxidation sites excluding steroid dienone is 8. The summed E-state index contributed by atoms with van der Waals surface area (Å²) < 4.78 is 35.3. The number of aliphatic hydroxyl groups excluding tert-OH is 2. The Kier molecular flexibility index (Phi) is 46.6. The van der Waals surface area contributed by atoms with Crippen molar-refractivity contribution in [1.82, 2.24) is 0 Å². The molecule has 0 radical (unpaired) electrons. The van der Waals surface area contributed by atoms with E-state index in [1.807, 2.05) is 112 Å². The maximum atomic E-state index is 11.9. The summed E-state index contributed by atoms with van der Waals surface area (Å²) >= 11 is 7.09. The summed E-state index contributed by atoms with van der Waals surface area (Å²) in [6.07, 6.45) is 40.0. The first-order valence-electron chi connectivity index (χ1n) is 49.8. The molecular weight excluding hydrogens is 2200 g/mol. The van der Waals surface area contributed by atoms with Crippen LogP contribution in [-0.2, 0) is 54.8 Å². The van der Waals surface area contributed by atoms with Gasteiger partial charge in [-0.2, -0.15) is 18.3 Å². The Morgan fingerprint density at radius 3 is 1.02 bits per heavy atom. The van der Waals surface area contributed by atoms with Gasteiger partial charge in [-0.25, -0.2) is 0 Å². The van der Waals surface area contributed by atoms with Crippen molar-refractivity contribution in [3.8, 4) is 11.5 Å². The van der Waals surface area contributed by atoms with Gasteiger partial charge in [-0.3, -0.25) is 14.4 Å². The van der Waals surface area contributed by atoms with E-state index in [2.05, 4.69) is 360 Å². The fourth-order valence-electron chi connectivity index (χ4n) is 17.9. The molecule has 26 heteroatoms. The third-order valence-electron chi connectivity index (χ3n) is 24.9. The van der Waals surface area contributed by atoms with Gasteiger partial charge in [0.2, 0.25) is 22.1 Å². The average molecular weight is 2320 g/mol. The van der Waals surface area contributed by atoms with Gasteiger partial charge in [0.1, 0.15) is 31.3 Å². The number of methoxy groups -OCH3 is 1. The van der Waals surface area contributed by atoms with Gasteiger partial charge in [0.05, 0.1) is 111 Å². The summed E-state index contributed by atoms with van der Waals surface area (Å²) in [5.74, 6) is 1.39. The van der Waals surface area contributed by atoms with Gasteiger partial charge in [0.25, 0.3) is 0 Å². The monoisotopic (exact) mass is 2320 g/mol. The number of unbranched alkanes of at least 4 members (excludes halogenated alkanes) is 2. The molecule has 0 saturated heterocycles. The highest BCUT2D eigenvalue weighted by molar-refractivity contribution is 8.04. The van der Waals surface area contributed by atoms with Crippen LogP contribution >= 0.6 is 47.0 Å². The number of halogens is 4. The molecule has 149 heavy (non-hydrogen) atoms. The second-order valence-corrected chi connectivity index (χ2v) is 38.8. The van der Waals surface area contributed by atoms with Gasteiger partial charge in [-0.1, -0.05) is 248 Å². The first-order valence-corrected chi connectivity index (χ1v) is 53.1. The van der Waals surface area contributed by atoms with Crippen LogP contribution in [-0.4, -0.2) is 101 Å². The van der Waals surface area contributed by atoms with E-state index < -0.39 is 0 Å². The lowest BCUT2D eigenvalue weighted by molar-refractivity contribution is -0.672. The largest absolute Gasteiger partial charge is 1.00 e. The number of hydrogen-bond donors (Lipinski definition) is 2. The van der Waals surface area contributed by atoms with Crippen molar-refractivity contribution in [1.29, 1.82) is 0 Å². The van der Waals surface area contributed by atoms with Crippen LogP contribution < -0.4 is 115 Å². The maximum absolute atomic E-state index is 11.9. The van der Waals surface area contributed by atoms with Crippen LogP contribution in [0.15, 0.2) is 416 Å². The summed E-state index contributed by atoms with van der Waals surface area (Å²) in [5, 5.41) is 28.4. The zero-order valence-electron chi connectivity index (χ0n) is 84.0. The molecule has 4 aliphatic rings. The number of ether oxygens (including phenoxy) is 5. The first kappa shape index (κ1) is 115. The second kappa shape index (κ2) is 60.3. The minimum absolute atomic E-state index is 0. The third kappa shape index (κ3) is 31.6. The number of pyridine rings is 4. The van der Waals surface area contributed by atoms with Crippen molar-refractivity contribution in [3.63, 3.8) is 0 Å². The Morgan fingerprint density at radius 1 is 0.309 bits per heavy atom. The van der Waals surface area contributed by atoms with Crippen molar-refractivity contribution in [2.24, 2.45) is 0 Å². The molecule has 0 saturated carbocycles. The van der Waals surface area contributed by atoms with E-state index in [9.17, 15) is 24.6 Å². The normalized spacial score (nSPS) is 13.7. The third-order valence-corrected chi connectivity index (χ3v) is 29.4. The van der Waals surface area contributed by atoms with Crippen LogP contribution in [0, 0.1) is 0 Å². The van der Waals surface area contributed by atoms with Crippen molar-refractivity contribution >= 4 is 156 Å². The maximum Gasteiger partial charge on any atom is 0.306 e. The second-order valence-electron chi connectivity index (χ2n) is 34.5. The van der Waals surface area contributed by atoms with Gasteiger partial charge in [0.15, 0.2) is 44.4 Å². The number of aryl methyl sites for hydroxylation is 1.